The summed E-state index contributed by atoms with van der Waals surface area (Å²) in [6.45, 7) is 9.74. The Hall–Kier alpha value is -0.0800. The minimum absolute atomic E-state index is 0.373. The number of likely N-dealkylation sites (tertiary alicyclic amines) is 1. The van der Waals surface area contributed by atoms with E-state index in [1.807, 2.05) is 0 Å². The molecule has 1 fully saturated rings. The predicted molar refractivity (Wildman–Crippen MR) is 46.7 cm³/mol. The van der Waals surface area contributed by atoms with E-state index in [0.29, 0.717) is 11.5 Å². The third-order valence-corrected chi connectivity index (χ3v) is 2.07. The summed E-state index contributed by atoms with van der Waals surface area (Å²) in [5, 5.41) is 0. The molecule has 0 bridgehead atoms. The van der Waals surface area contributed by atoms with Crippen LogP contribution >= 0.6 is 0 Å². The molecule has 1 saturated heterocycles. The molecule has 1 rings (SSSR count). The molecule has 0 unspecified atom stereocenters. The van der Waals surface area contributed by atoms with E-state index in [1.165, 1.54) is 13.1 Å². The lowest BCUT2D eigenvalue weighted by Gasteiger charge is -2.46. The van der Waals surface area contributed by atoms with Gasteiger partial charge in [-0.2, -0.15) is 0 Å². The molecule has 66 valence electrons. The molecule has 1 aliphatic rings. The highest BCUT2D eigenvalue weighted by atomic mass is 16.5. The fraction of sp³-hybridized carbons (Fsp3) is 1.00. The second kappa shape index (κ2) is 3.11. The Kier molecular flexibility index (Phi) is 2.55. The Balaban J connectivity index is 2.16. The van der Waals surface area contributed by atoms with Gasteiger partial charge in [0.2, 0.25) is 0 Å². The standard InChI is InChI=1S/C9H19NO/c1-8(2)11-7-9(3)5-10(4)6-9/h8H,5-7H2,1-4H3. The molecule has 0 aromatic rings. The molecule has 0 radical (unpaired) electrons. The maximum Gasteiger partial charge on any atom is 0.0547 e. The third kappa shape index (κ3) is 2.46. The molecule has 2 nitrogen and oxygen atoms in total. The Morgan fingerprint density at radius 3 is 2.36 bits per heavy atom. The van der Waals surface area contributed by atoms with E-state index in [-0.39, 0.29) is 0 Å². The van der Waals surface area contributed by atoms with Crippen molar-refractivity contribution in [1.29, 1.82) is 0 Å². The van der Waals surface area contributed by atoms with Gasteiger partial charge in [-0.3, -0.25) is 0 Å². The van der Waals surface area contributed by atoms with Gasteiger partial charge >= 0.3 is 0 Å². The molecule has 1 heterocycles. The highest BCUT2D eigenvalue weighted by Crippen LogP contribution is 2.28. The van der Waals surface area contributed by atoms with Crippen LogP contribution in [0.3, 0.4) is 0 Å². The molecule has 0 aromatic heterocycles. The van der Waals surface area contributed by atoms with E-state index in [9.17, 15) is 0 Å². The summed E-state index contributed by atoms with van der Waals surface area (Å²) in [5.74, 6) is 0. The van der Waals surface area contributed by atoms with Gasteiger partial charge in [-0.1, -0.05) is 6.92 Å². The fourth-order valence-electron chi connectivity index (χ4n) is 1.72. The Morgan fingerprint density at radius 2 is 2.00 bits per heavy atom. The zero-order valence-electron chi connectivity index (χ0n) is 8.05. The minimum Gasteiger partial charge on any atom is -0.378 e. The second-order valence-electron chi connectivity index (χ2n) is 4.34. The van der Waals surface area contributed by atoms with E-state index >= 15 is 0 Å². The smallest absolute Gasteiger partial charge is 0.0547 e. The maximum atomic E-state index is 5.57. The first kappa shape index (κ1) is 9.01. The minimum atomic E-state index is 0.373. The zero-order chi connectivity index (χ0) is 8.48. The largest absolute Gasteiger partial charge is 0.378 e. The molecule has 0 N–H and O–H groups in total. The van der Waals surface area contributed by atoms with Gasteiger partial charge in [-0.25, -0.2) is 0 Å². The molecule has 0 saturated carbocycles. The van der Waals surface area contributed by atoms with Gasteiger partial charge in [0, 0.05) is 18.5 Å². The van der Waals surface area contributed by atoms with Crippen molar-refractivity contribution in [2.45, 2.75) is 26.9 Å². The lowest BCUT2D eigenvalue weighted by Crippen LogP contribution is -2.55. The predicted octanol–water partition coefficient (Wildman–Crippen LogP) is 1.36. The van der Waals surface area contributed by atoms with Crippen LogP contribution < -0.4 is 0 Å². The van der Waals surface area contributed by atoms with E-state index in [0.717, 1.165) is 6.61 Å². The van der Waals surface area contributed by atoms with Crippen molar-refractivity contribution in [2.75, 3.05) is 26.7 Å². The van der Waals surface area contributed by atoms with Crippen LogP contribution in [-0.2, 0) is 4.74 Å². The summed E-state index contributed by atoms with van der Waals surface area (Å²) in [6.07, 6.45) is 0.373. The monoisotopic (exact) mass is 157 g/mol. The number of nitrogens with zero attached hydrogens (tertiary/aromatic N) is 1. The molecule has 0 aromatic carbocycles. The first-order valence-electron chi connectivity index (χ1n) is 4.32. The van der Waals surface area contributed by atoms with Gasteiger partial charge in [0.1, 0.15) is 0 Å². The molecular formula is C9H19NO. The van der Waals surface area contributed by atoms with Crippen LogP contribution in [0.4, 0.5) is 0 Å². The van der Waals surface area contributed by atoms with Crippen LogP contribution in [0, 0.1) is 5.41 Å². The lowest BCUT2D eigenvalue weighted by molar-refractivity contribution is -0.0595. The molecular weight excluding hydrogens is 138 g/mol. The van der Waals surface area contributed by atoms with Crippen LogP contribution in [0.2, 0.25) is 0 Å². The number of ether oxygens (including phenoxy) is 1. The number of rotatable bonds is 3. The zero-order valence-corrected chi connectivity index (χ0v) is 8.05. The molecule has 0 amide bonds. The SMILES string of the molecule is CC(C)OCC1(C)CN(C)C1. The summed E-state index contributed by atoms with van der Waals surface area (Å²) >= 11 is 0. The Morgan fingerprint density at radius 1 is 1.45 bits per heavy atom. The maximum absolute atomic E-state index is 5.57. The number of hydrogen-bond acceptors (Lipinski definition) is 2. The highest BCUT2D eigenvalue weighted by molar-refractivity contribution is 4.89. The van der Waals surface area contributed by atoms with E-state index in [2.05, 4.69) is 32.7 Å². The van der Waals surface area contributed by atoms with Crippen molar-refractivity contribution < 1.29 is 4.74 Å². The van der Waals surface area contributed by atoms with Gasteiger partial charge in [0.05, 0.1) is 12.7 Å². The third-order valence-electron chi connectivity index (χ3n) is 2.07. The average molecular weight is 157 g/mol. The van der Waals surface area contributed by atoms with Gasteiger partial charge in [-0.15, -0.1) is 0 Å². The summed E-state index contributed by atoms with van der Waals surface area (Å²) in [4.78, 5) is 2.32. The van der Waals surface area contributed by atoms with E-state index < -0.39 is 0 Å². The van der Waals surface area contributed by atoms with Crippen LogP contribution in [0.15, 0.2) is 0 Å². The first-order valence-corrected chi connectivity index (χ1v) is 4.32. The lowest BCUT2D eigenvalue weighted by atomic mass is 9.83. The second-order valence-corrected chi connectivity index (χ2v) is 4.34. The summed E-state index contributed by atoms with van der Waals surface area (Å²) in [5.41, 5.74) is 0.430. The van der Waals surface area contributed by atoms with Crippen LogP contribution in [0.1, 0.15) is 20.8 Å². The quantitative estimate of drug-likeness (QED) is 0.613. The molecule has 1 aliphatic heterocycles. The molecule has 0 aliphatic carbocycles. The van der Waals surface area contributed by atoms with Gasteiger partial charge < -0.3 is 9.64 Å². The summed E-state index contributed by atoms with van der Waals surface area (Å²) in [6, 6.07) is 0. The van der Waals surface area contributed by atoms with Crippen LogP contribution in [-0.4, -0.2) is 37.7 Å². The molecule has 0 spiro atoms. The Bertz CT molecular complexity index is 128. The molecule has 2 heteroatoms. The van der Waals surface area contributed by atoms with Gasteiger partial charge in [0.25, 0.3) is 0 Å². The topological polar surface area (TPSA) is 12.5 Å². The Labute approximate surface area is 69.5 Å². The number of hydrogen-bond donors (Lipinski definition) is 0. The summed E-state index contributed by atoms with van der Waals surface area (Å²) in [7, 11) is 2.15. The molecule has 0 atom stereocenters. The van der Waals surface area contributed by atoms with E-state index in [4.69, 9.17) is 4.74 Å². The normalized spacial score (nSPS) is 23.7. The van der Waals surface area contributed by atoms with Crippen molar-refractivity contribution in [3.63, 3.8) is 0 Å². The molecule has 11 heavy (non-hydrogen) atoms. The van der Waals surface area contributed by atoms with Crippen LogP contribution in [0.5, 0.6) is 0 Å². The van der Waals surface area contributed by atoms with Gasteiger partial charge in [-0.05, 0) is 20.9 Å². The van der Waals surface area contributed by atoms with Crippen molar-refractivity contribution in [3.8, 4) is 0 Å². The van der Waals surface area contributed by atoms with Crippen molar-refractivity contribution in [1.82, 2.24) is 4.90 Å². The van der Waals surface area contributed by atoms with Crippen molar-refractivity contribution in [2.24, 2.45) is 5.41 Å². The van der Waals surface area contributed by atoms with Crippen LogP contribution in [0.25, 0.3) is 0 Å². The highest BCUT2D eigenvalue weighted by Gasteiger charge is 2.36. The van der Waals surface area contributed by atoms with Crippen molar-refractivity contribution >= 4 is 0 Å². The summed E-state index contributed by atoms with van der Waals surface area (Å²) < 4.78 is 5.57. The van der Waals surface area contributed by atoms with Gasteiger partial charge in [0.15, 0.2) is 0 Å². The van der Waals surface area contributed by atoms with Crippen molar-refractivity contribution in [3.05, 3.63) is 0 Å². The van der Waals surface area contributed by atoms with E-state index in [1.54, 1.807) is 0 Å². The fourth-order valence-corrected chi connectivity index (χ4v) is 1.72. The first-order chi connectivity index (χ1) is 5.02. The average Bonchev–Trinajstić information content (AvgIpc) is 1.81.